The van der Waals surface area contributed by atoms with E-state index in [0.29, 0.717) is 0 Å². The first-order valence-corrected chi connectivity index (χ1v) is 12.6. The third-order valence-electron chi connectivity index (χ3n) is 5.74. The molecule has 0 radical (unpaired) electrons. The first-order valence-electron chi connectivity index (χ1n) is 10.7. The number of hydrogen-bond acceptors (Lipinski definition) is 8. The summed E-state index contributed by atoms with van der Waals surface area (Å²) < 4.78 is 31.5. The number of aromatic nitrogens is 2. The Kier molecular flexibility index (Phi) is 7.85. The second kappa shape index (κ2) is 10.5. The predicted molar refractivity (Wildman–Crippen MR) is 125 cm³/mol. The van der Waals surface area contributed by atoms with Gasteiger partial charge in [0.15, 0.2) is 5.75 Å². The summed E-state index contributed by atoms with van der Waals surface area (Å²) in [4.78, 5) is 35.6. The van der Waals surface area contributed by atoms with Gasteiger partial charge in [0.25, 0.3) is 11.8 Å². The van der Waals surface area contributed by atoms with Crippen LogP contribution in [0.2, 0.25) is 0 Å². The van der Waals surface area contributed by atoms with Gasteiger partial charge in [-0.1, -0.05) is 13.0 Å². The standard InChI is InChI=1S/C22H29N5O6S/c1-14-11-27(15(2)13-28)22(30)16-6-5-7-17(25-21(29)18-10-23-8-9-24-18)20(16)33-19(14)12-26(3)34(4,31)32/h5-10,14-15,19,28H,11-13H2,1-4H3,(H,25,29)/t14-,15+,19-/m0/s1. The maximum atomic E-state index is 13.4. The molecule has 1 aliphatic heterocycles. The zero-order valence-corrected chi connectivity index (χ0v) is 20.3. The lowest BCUT2D eigenvalue weighted by molar-refractivity contribution is 0.0389. The van der Waals surface area contributed by atoms with Crippen molar-refractivity contribution >= 4 is 27.5 Å². The van der Waals surface area contributed by atoms with Crippen LogP contribution in [0.25, 0.3) is 0 Å². The van der Waals surface area contributed by atoms with Crippen molar-refractivity contribution in [3.05, 3.63) is 48.0 Å². The molecule has 12 heteroatoms. The number of carbonyl (C=O) groups is 2. The Morgan fingerprint density at radius 1 is 1.38 bits per heavy atom. The van der Waals surface area contributed by atoms with E-state index < -0.39 is 28.1 Å². The van der Waals surface area contributed by atoms with Crippen LogP contribution >= 0.6 is 0 Å². The molecule has 11 nitrogen and oxygen atoms in total. The van der Waals surface area contributed by atoms with E-state index in [1.54, 1.807) is 25.1 Å². The maximum absolute atomic E-state index is 13.4. The first kappa shape index (κ1) is 25.5. The fourth-order valence-corrected chi connectivity index (χ4v) is 3.97. The highest BCUT2D eigenvalue weighted by atomic mass is 32.2. The van der Waals surface area contributed by atoms with Gasteiger partial charge in [0.1, 0.15) is 11.8 Å². The molecule has 0 saturated heterocycles. The van der Waals surface area contributed by atoms with E-state index in [2.05, 4.69) is 15.3 Å². The number of sulfonamides is 1. The molecule has 0 fully saturated rings. The third kappa shape index (κ3) is 5.69. The monoisotopic (exact) mass is 491 g/mol. The lowest BCUT2D eigenvalue weighted by atomic mass is 9.99. The lowest BCUT2D eigenvalue weighted by Gasteiger charge is -2.38. The number of amides is 2. The average molecular weight is 492 g/mol. The summed E-state index contributed by atoms with van der Waals surface area (Å²) in [6.45, 7) is 3.60. The minimum absolute atomic E-state index is 0.0292. The van der Waals surface area contributed by atoms with Crippen molar-refractivity contribution in [2.45, 2.75) is 26.0 Å². The van der Waals surface area contributed by atoms with E-state index in [0.717, 1.165) is 6.26 Å². The Bertz CT molecular complexity index is 1140. The Labute approximate surface area is 198 Å². The summed E-state index contributed by atoms with van der Waals surface area (Å²) in [5.41, 5.74) is 0.505. The van der Waals surface area contributed by atoms with E-state index in [9.17, 15) is 23.1 Å². The molecule has 2 heterocycles. The highest BCUT2D eigenvalue weighted by Crippen LogP contribution is 2.35. The summed E-state index contributed by atoms with van der Waals surface area (Å²) >= 11 is 0. The normalized spacial score (nSPS) is 19.6. The summed E-state index contributed by atoms with van der Waals surface area (Å²) in [5, 5.41) is 12.4. The summed E-state index contributed by atoms with van der Waals surface area (Å²) in [6, 6.07) is 4.28. The van der Waals surface area contributed by atoms with Crippen LogP contribution in [0.15, 0.2) is 36.8 Å². The Hall–Kier alpha value is -3.09. The molecule has 1 aliphatic rings. The Morgan fingerprint density at radius 3 is 2.74 bits per heavy atom. The van der Waals surface area contributed by atoms with Crippen LogP contribution in [0, 0.1) is 5.92 Å². The van der Waals surface area contributed by atoms with Crippen molar-refractivity contribution < 1.29 is 27.9 Å². The molecular weight excluding hydrogens is 462 g/mol. The highest BCUT2D eigenvalue weighted by Gasteiger charge is 2.35. The van der Waals surface area contributed by atoms with Gasteiger partial charge in [0.2, 0.25) is 10.0 Å². The van der Waals surface area contributed by atoms with Crippen LogP contribution in [0.5, 0.6) is 5.75 Å². The van der Waals surface area contributed by atoms with Gasteiger partial charge in [-0.3, -0.25) is 14.6 Å². The van der Waals surface area contributed by atoms with Crippen LogP contribution in [0.1, 0.15) is 34.7 Å². The van der Waals surface area contributed by atoms with Gasteiger partial charge < -0.3 is 20.1 Å². The molecule has 0 bridgehead atoms. The predicted octanol–water partition coefficient (Wildman–Crippen LogP) is 0.840. The first-order chi connectivity index (χ1) is 16.0. The Balaban J connectivity index is 2.06. The lowest BCUT2D eigenvalue weighted by Crippen LogP contribution is -2.50. The number of likely N-dealkylation sites (N-methyl/N-ethyl adjacent to an activating group) is 1. The molecule has 1 aromatic carbocycles. The van der Waals surface area contributed by atoms with Crippen molar-refractivity contribution in [1.29, 1.82) is 0 Å². The minimum atomic E-state index is -3.49. The molecule has 3 atom stereocenters. The molecule has 34 heavy (non-hydrogen) atoms. The number of carbonyl (C=O) groups excluding carboxylic acids is 2. The zero-order chi connectivity index (χ0) is 25.0. The van der Waals surface area contributed by atoms with Crippen LogP contribution in [0.3, 0.4) is 0 Å². The highest BCUT2D eigenvalue weighted by molar-refractivity contribution is 7.88. The number of rotatable bonds is 7. The molecule has 2 aromatic rings. The topological polar surface area (TPSA) is 142 Å². The zero-order valence-electron chi connectivity index (χ0n) is 19.5. The number of para-hydroxylation sites is 1. The minimum Gasteiger partial charge on any atom is -0.486 e. The molecule has 184 valence electrons. The van der Waals surface area contributed by atoms with Gasteiger partial charge in [-0.2, -0.15) is 0 Å². The molecular formula is C22H29N5O6S. The quantitative estimate of drug-likeness (QED) is 0.580. The summed E-state index contributed by atoms with van der Waals surface area (Å²) in [5.74, 6) is -1.08. The van der Waals surface area contributed by atoms with Crippen molar-refractivity contribution in [2.24, 2.45) is 5.92 Å². The summed E-state index contributed by atoms with van der Waals surface area (Å²) in [6.07, 6.45) is 4.60. The van der Waals surface area contributed by atoms with E-state index >= 15 is 0 Å². The fraction of sp³-hybridized carbons (Fsp3) is 0.455. The smallest absolute Gasteiger partial charge is 0.275 e. The van der Waals surface area contributed by atoms with Crippen LogP contribution in [-0.2, 0) is 10.0 Å². The third-order valence-corrected chi connectivity index (χ3v) is 7.02. The number of ether oxygens (including phenoxy) is 1. The van der Waals surface area contributed by atoms with Gasteiger partial charge in [-0.05, 0) is 19.1 Å². The van der Waals surface area contributed by atoms with Gasteiger partial charge in [0.05, 0.1) is 42.9 Å². The second-order valence-electron chi connectivity index (χ2n) is 8.39. The van der Waals surface area contributed by atoms with E-state index in [-0.39, 0.29) is 54.2 Å². The van der Waals surface area contributed by atoms with Crippen molar-refractivity contribution in [2.75, 3.05) is 38.3 Å². The van der Waals surface area contributed by atoms with E-state index in [1.807, 2.05) is 6.92 Å². The number of nitrogens with one attached hydrogen (secondary N) is 1. The van der Waals surface area contributed by atoms with Gasteiger partial charge in [-0.25, -0.2) is 17.7 Å². The Morgan fingerprint density at radius 2 is 2.12 bits per heavy atom. The molecule has 0 spiro atoms. The average Bonchev–Trinajstić information content (AvgIpc) is 2.81. The summed E-state index contributed by atoms with van der Waals surface area (Å²) in [7, 11) is -2.04. The van der Waals surface area contributed by atoms with E-state index in [1.165, 1.54) is 34.8 Å². The molecule has 0 aliphatic carbocycles. The molecule has 1 aromatic heterocycles. The SMILES string of the molecule is C[C@H](CO)N1C[C@H](C)[C@H](CN(C)S(C)(=O)=O)Oc2c(NC(=O)c3cnccn3)cccc2C1=O. The van der Waals surface area contributed by atoms with Crippen molar-refractivity contribution in [3.8, 4) is 5.75 Å². The molecule has 0 saturated carbocycles. The van der Waals surface area contributed by atoms with Crippen molar-refractivity contribution in [1.82, 2.24) is 19.2 Å². The molecule has 0 unspecified atom stereocenters. The number of nitrogens with zero attached hydrogens (tertiary/aromatic N) is 4. The van der Waals surface area contributed by atoms with Crippen LogP contribution in [-0.4, -0.2) is 89.7 Å². The van der Waals surface area contributed by atoms with Crippen LogP contribution < -0.4 is 10.1 Å². The van der Waals surface area contributed by atoms with Gasteiger partial charge in [0, 0.05) is 31.9 Å². The number of fused-ring (bicyclic) bond motifs is 1. The van der Waals surface area contributed by atoms with E-state index in [4.69, 9.17) is 4.74 Å². The van der Waals surface area contributed by atoms with Gasteiger partial charge in [-0.15, -0.1) is 0 Å². The fourth-order valence-electron chi connectivity index (χ4n) is 3.55. The number of anilines is 1. The van der Waals surface area contributed by atoms with Gasteiger partial charge >= 0.3 is 0 Å². The van der Waals surface area contributed by atoms with Crippen LogP contribution in [0.4, 0.5) is 5.69 Å². The number of aliphatic hydroxyl groups excluding tert-OH is 1. The molecule has 3 rings (SSSR count). The number of benzene rings is 1. The molecule has 2 amide bonds. The molecule has 2 N–H and O–H groups in total. The van der Waals surface area contributed by atoms with Crippen molar-refractivity contribution in [3.63, 3.8) is 0 Å². The largest absolute Gasteiger partial charge is 0.486 e. The second-order valence-corrected chi connectivity index (χ2v) is 10.5. The number of aliphatic hydroxyl groups is 1. The maximum Gasteiger partial charge on any atom is 0.275 e. The number of hydrogen-bond donors (Lipinski definition) is 2.